The molecule has 182 valence electrons. The number of aliphatic hydroxyl groups excluding tert-OH is 2. The summed E-state index contributed by atoms with van der Waals surface area (Å²) in [6.07, 6.45) is 6.07. The van der Waals surface area contributed by atoms with Crippen LogP contribution in [0.4, 0.5) is 4.39 Å². The molecule has 0 spiro atoms. The van der Waals surface area contributed by atoms with Gasteiger partial charge in [-0.15, -0.1) is 0 Å². The second kappa shape index (κ2) is 12.5. The Balaban J connectivity index is 1.43. The van der Waals surface area contributed by atoms with Crippen LogP contribution >= 0.6 is 11.6 Å². The third-order valence-corrected chi connectivity index (χ3v) is 6.70. The standard InChI is InChI=1S/C24H33ClFN3O4/c25-21-15-18(3-5-22(21)26)4-6-23(32)29-12-8-24(33)28(13-14-29)10-2-1-9-27-11-7-20(31)16-19(27)17-30/h3-6,15,19-20,30-31H,1-2,7-14,16-17H2/t19-,20+/m0/s1. The molecular formula is C24H33ClFN3O4. The second-order valence-corrected chi connectivity index (χ2v) is 9.13. The summed E-state index contributed by atoms with van der Waals surface area (Å²) >= 11 is 5.78. The van der Waals surface area contributed by atoms with Gasteiger partial charge in [0.15, 0.2) is 0 Å². The van der Waals surface area contributed by atoms with E-state index >= 15 is 0 Å². The number of amides is 2. The van der Waals surface area contributed by atoms with Gasteiger partial charge in [-0.2, -0.15) is 0 Å². The number of rotatable bonds is 8. The Morgan fingerprint density at radius 1 is 1.18 bits per heavy atom. The van der Waals surface area contributed by atoms with E-state index in [0.717, 1.165) is 32.4 Å². The molecule has 2 heterocycles. The van der Waals surface area contributed by atoms with Gasteiger partial charge in [0.2, 0.25) is 11.8 Å². The summed E-state index contributed by atoms with van der Waals surface area (Å²) in [7, 11) is 0. The first-order valence-electron chi connectivity index (χ1n) is 11.6. The van der Waals surface area contributed by atoms with E-state index in [1.807, 2.05) is 4.90 Å². The van der Waals surface area contributed by atoms with Gasteiger partial charge in [0, 0.05) is 51.3 Å². The third kappa shape index (κ3) is 7.50. The van der Waals surface area contributed by atoms with E-state index in [0.29, 0.717) is 44.6 Å². The van der Waals surface area contributed by atoms with E-state index in [2.05, 4.69) is 4.90 Å². The average molecular weight is 482 g/mol. The number of hydrogen-bond donors (Lipinski definition) is 2. The molecule has 2 amide bonds. The van der Waals surface area contributed by atoms with Crippen molar-refractivity contribution in [2.24, 2.45) is 0 Å². The minimum absolute atomic E-state index is 0.00497. The van der Waals surface area contributed by atoms with Crippen molar-refractivity contribution in [3.8, 4) is 0 Å². The minimum atomic E-state index is -0.505. The van der Waals surface area contributed by atoms with E-state index in [1.165, 1.54) is 18.2 Å². The fourth-order valence-electron chi connectivity index (χ4n) is 4.39. The SMILES string of the molecule is O=C(C=Cc1ccc(F)c(Cl)c1)N1CCC(=O)N(CCCCN2CC[C@@H](O)C[C@H]2CO)CC1. The number of likely N-dealkylation sites (tertiary alicyclic amines) is 1. The third-order valence-electron chi connectivity index (χ3n) is 6.41. The van der Waals surface area contributed by atoms with Gasteiger partial charge in [-0.1, -0.05) is 17.7 Å². The first kappa shape index (κ1) is 25.6. The zero-order valence-corrected chi connectivity index (χ0v) is 19.6. The molecule has 33 heavy (non-hydrogen) atoms. The van der Waals surface area contributed by atoms with Crippen LogP contribution in [0.2, 0.25) is 5.02 Å². The first-order valence-corrected chi connectivity index (χ1v) is 12.0. The maximum atomic E-state index is 13.3. The smallest absolute Gasteiger partial charge is 0.246 e. The summed E-state index contributed by atoms with van der Waals surface area (Å²) in [5, 5.41) is 19.3. The minimum Gasteiger partial charge on any atom is -0.395 e. The molecule has 7 nitrogen and oxygen atoms in total. The Morgan fingerprint density at radius 2 is 1.97 bits per heavy atom. The zero-order chi connectivity index (χ0) is 23.8. The molecule has 1 aromatic carbocycles. The number of halogens is 2. The summed E-state index contributed by atoms with van der Waals surface area (Å²) in [6.45, 7) is 3.65. The van der Waals surface area contributed by atoms with Crippen molar-refractivity contribution in [1.82, 2.24) is 14.7 Å². The molecule has 0 aromatic heterocycles. The monoisotopic (exact) mass is 481 g/mol. The van der Waals surface area contributed by atoms with Crippen LogP contribution in [0.3, 0.4) is 0 Å². The van der Waals surface area contributed by atoms with Gasteiger partial charge < -0.3 is 20.0 Å². The van der Waals surface area contributed by atoms with Gasteiger partial charge >= 0.3 is 0 Å². The Kier molecular flexibility index (Phi) is 9.67. The Bertz CT molecular complexity index is 853. The highest BCUT2D eigenvalue weighted by Crippen LogP contribution is 2.19. The van der Waals surface area contributed by atoms with E-state index < -0.39 is 5.82 Å². The molecule has 0 bridgehead atoms. The van der Waals surface area contributed by atoms with Crippen LogP contribution in [0, 0.1) is 5.82 Å². The normalized spacial score (nSPS) is 22.7. The quantitative estimate of drug-likeness (QED) is 0.439. The maximum absolute atomic E-state index is 13.3. The molecule has 2 atom stereocenters. The van der Waals surface area contributed by atoms with Gasteiger partial charge in [-0.25, -0.2) is 4.39 Å². The Labute approximate surface area is 199 Å². The lowest BCUT2D eigenvalue weighted by atomic mass is 9.99. The van der Waals surface area contributed by atoms with Crippen molar-refractivity contribution in [1.29, 1.82) is 0 Å². The molecule has 2 aliphatic rings. The van der Waals surface area contributed by atoms with Gasteiger partial charge in [0.25, 0.3) is 0 Å². The summed E-state index contributed by atoms with van der Waals surface area (Å²) in [4.78, 5) is 30.8. The predicted molar refractivity (Wildman–Crippen MR) is 125 cm³/mol. The second-order valence-electron chi connectivity index (χ2n) is 8.72. The molecule has 3 rings (SSSR count). The number of piperidine rings is 1. The lowest BCUT2D eigenvalue weighted by Gasteiger charge is -2.37. The largest absolute Gasteiger partial charge is 0.395 e. The number of benzene rings is 1. The van der Waals surface area contributed by atoms with Gasteiger partial charge in [0.05, 0.1) is 17.7 Å². The molecule has 2 fully saturated rings. The molecule has 1 aromatic rings. The summed E-state index contributed by atoms with van der Waals surface area (Å²) in [5.74, 6) is -0.643. The summed E-state index contributed by atoms with van der Waals surface area (Å²) in [6, 6.07) is 4.27. The van der Waals surface area contributed by atoms with Gasteiger partial charge in [-0.05, 0) is 56.0 Å². The van der Waals surface area contributed by atoms with E-state index in [1.54, 1.807) is 17.0 Å². The van der Waals surface area contributed by atoms with Crippen molar-refractivity contribution in [3.63, 3.8) is 0 Å². The van der Waals surface area contributed by atoms with E-state index in [4.69, 9.17) is 11.6 Å². The van der Waals surface area contributed by atoms with Crippen LogP contribution < -0.4 is 0 Å². The van der Waals surface area contributed by atoms with Crippen molar-refractivity contribution >= 4 is 29.5 Å². The first-order chi connectivity index (χ1) is 15.9. The van der Waals surface area contributed by atoms with Crippen LogP contribution in [0.15, 0.2) is 24.3 Å². The van der Waals surface area contributed by atoms with Crippen LogP contribution in [0.1, 0.15) is 37.7 Å². The van der Waals surface area contributed by atoms with Crippen molar-refractivity contribution in [3.05, 3.63) is 40.7 Å². The van der Waals surface area contributed by atoms with Crippen LogP contribution in [0.25, 0.3) is 6.08 Å². The highest BCUT2D eigenvalue weighted by Gasteiger charge is 2.27. The molecule has 0 saturated carbocycles. The van der Waals surface area contributed by atoms with Crippen LogP contribution in [0.5, 0.6) is 0 Å². The van der Waals surface area contributed by atoms with Crippen molar-refractivity contribution in [2.45, 2.75) is 44.2 Å². The Morgan fingerprint density at radius 3 is 2.73 bits per heavy atom. The van der Waals surface area contributed by atoms with Crippen molar-refractivity contribution < 1.29 is 24.2 Å². The lowest BCUT2D eigenvalue weighted by molar-refractivity contribution is -0.130. The van der Waals surface area contributed by atoms with E-state index in [-0.39, 0.29) is 35.6 Å². The highest BCUT2D eigenvalue weighted by molar-refractivity contribution is 6.30. The Hall–Kier alpha value is -2.00. The number of nitrogens with zero attached hydrogens (tertiary/aromatic N) is 3. The molecule has 2 N–H and O–H groups in total. The topological polar surface area (TPSA) is 84.3 Å². The fourth-order valence-corrected chi connectivity index (χ4v) is 4.58. The predicted octanol–water partition coefficient (Wildman–Crippen LogP) is 2.15. The number of hydrogen-bond acceptors (Lipinski definition) is 5. The average Bonchev–Trinajstić information content (AvgIpc) is 2.99. The highest BCUT2D eigenvalue weighted by atomic mass is 35.5. The van der Waals surface area contributed by atoms with E-state index in [9.17, 15) is 24.2 Å². The number of carbonyl (C=O) groups excluding carboxylic acids is 2. The van der Waals surface area contributed by atoms with Gasteiger partial charge in [-0.3, -0.25) is 14.5 Å². The van der Waals surface area contributed by atoms with Crippen LogP contribution in [-0.2, 0) is 9.59 Å². The fraction of sp³-hybridized carbons (Fsp3) is 0.583. The zero-order valence-electron chi connectivity index (χ0n) is 18.8. The molecule has 2 aliphatic heterocycles. The van der Waals surface area contributed by atoms with Crippen LogP contribution in [-0.4, -0.2) is 94.7 Å². The summed E-state index contributed by atoms with van der Waals surface area (Å²) < 4.78 is 13.3. The molecular weight excluding hydrogens is 449 g/mol. The van der Waals surface area contributed by atoms with Gasteiger partial charge in [0.1, 0.15) is 5.82 Å². The molecule has 0 aliphatic carbocycles. The molecule has 2 saturated heterocycles. The molecule has 9 heteroatoms. The molecule has 0 radical (unpaired) electrons. The molecule has 0 unspecified atom stereocenters. The number of aliphatic hydroxyl groups is 2. The maximum Gasteiger partial charge on any atom is 0.246 e. The lowest BCUT2D eigenvalue weighted by Crippen LogP contribution is -2.46. The summed E-state index contributed by atoms with van der Waals surface area (Å²) in [5.41, 5.74) is 0.633. The number of carbonyl (C=O) groups is 2. The van der Waals surface area contributed by atoms with Crippen molar-refractivity contribution in [2.75, 3.05) is 45.9 Å². The number of unbranched alkanes of at least 4 members (excludes halogenated alkanes) is 1.